The number of aromatic hydroxyl groups is 1. The molecular formula is C18H23NO2. The highest BCUT2D eigenvalue weighted by Gasteiger charge is 2.12. The Kier molecular flexibility index (Phi) is 6.47. The Morgan fingerprint density at radius 2 is 1.62 bits per heavy atom. The largest absolute Gasteiger partial charge is 0.508 e. The average molecular weight is 285 g/mol. The number of benzene rings is 2. The Labute approximate surface area is 126 Å². The van der Waals surface area contributed by atoms with Crippen LogP contribution in [-0.4, -0.2) is 11.0 Å². The molecule has 3 nitrogen and oxygen atoms in total. The fraction of sp³-hybridized carbons (Fsp3) is 0.278. The van der Waals surface area contributed by atoms with Crippen LogP contribution in [0.25, 0.3) is 0 Å². The number of hydrogen-bond donors (Lipinski definition) is 2. The number of rotatable bonds is 3. The average Bonchev–Trinajstić information content (AvgIpc) is 2.50. The van der Waals surface area contributed by atoms with Crippen molar-refractivity contribution in [2.75, 3.05) is 0 Å². The van der Waals surface area contributed by atoms with Crippen molar-refractivity contribution >= 4 is 5.91 Å². The standard InChI is InChI=1S/C16H17NO2.C2H6/c1-11-5-3-4-6-15(11)12(2)17-16(19)13-7-9-14(18)10-8-13;1-2/h3-10,12,18H,1-2H3,(H,17,19);1-2H3. The summed E-state index contributed by atoms with van der Waals surface area (Å²) in [5.74, 6) is 0.0132. The van der Waals surface area contributed by atoms with Crippen LogP contribution >= 0.6 is 0 Å². The third kappa shape index (κ3) is 4.63. The van der Waals surface area contributed by atoms with E-state index in [2.05, 4.69) is 5.32 Å². The summed E-state index contributed by atoms with van der Waals surface area (Å²) in [5, 5.41) is 12.2. The van der Waals surface area contributed by atoms with E-state index in [1.165, 1.54) is 12.1 Å². The number of carbonyl (C=O) groups excluding carboxylic acids is 1. The molecule has 0 radical (unpaired) electrons. The van der Waals surface area contributed by atoms with Crippen molar-refractivity contribution in [3.63, 3.8) is 0 Å². The first-order valence-electron chi connectivity index (χ1n) is 7.23. The molecule has 0 bridgehead atoms. The quantitative estimate of drug-likeness (QED) is 0.887. The van der Waals surface area contributed by atoms with E-state index in [0.717, 1.165) is 11.1 Å². The molecule has 2 rings (SSSR count). The van der Waals surface area contributed by atoms with E-state index in [9.17, 15) is 9.90 Å². The molecule has 0 heterocycles. The maximum atomic E-state index is 12.1. The molecule has 1 atom stereocenters. The number of carbonyl (C=O) groups is 1. The zero-order valence-electron chi connectivity index (χ0n) is 13.1. The normalized spacial score (nSPS) is 11.0. The molecule has 0 fully saturated rings. The SMILES string of the molecule is CC.Cc1ccccc1C(C)NC(=O)c1ccc(O)cc1. The van der Waals surface area contributed by atoms with Gasteiger partial charge in [0.1, 0.15) is 5.75 Å². The highest BCUT2D eigenvalue weighted by Crippen LogP contribution is 2.17. The van der Waals surface area contributed by atoms with E-state index in [4.69, 9.17) is 0 Å². The van der Waals surface area contributed by atoms with Crippen LogP contribution in [-0.2, 0) is 0 Å². The minimum absolute atomic E-state index is 0.0532. The van der Waals surface area contributed by atoms with E-state index >= 15 is 0 Å². The molecule has 0 saturated carbocycles. The zero-order valence-corrected chi connectivity index (χ0v) is 13.1. The van der Waals surface area contributed by atoms with Crippen LogP contribution in [0.3, 0.4) is 0 Å². The predicted octanol–water partition coefficient (Wildman–Crippen LogP) is 4.22. The molecule has 0 aromatic heterocycles. The van der Waals surface area contributed by atoms with Gasteiger partial charge >= 0.3 is 0 Å². The van der Waals surface area contributed by atoms with Gasteiger partial charge in [0.2, 0.25) is 0 Å². The van der Waals surface area contributed by atoms with Gasteiger partial charge in [-0.1, -0.05) is 38.1 Å². The van der Waals surface area contributed by atoms with Crippen molar-refractivity contribution in [1.29, 1.82) is 0 Å². The smallest absolute Gasteiger partial charge is 0.251 e. The molecule has 21 heavy (non-hydrogen) atoms. The second-order valence-corrected chi connectivity index (χ2v) is 4.60. The monoisotopic (exact) mass is 285 g/mol. The molecule has 0 saturated heterocycles. The van der Waals surface area contributed by atoms with E-state index < -0.39 is 0 Å². The van der Waals surface area contributed by atoms with Gasteiger partial charge in [-0.25, -0.2) is 0 Å². The second kappa shape index (κ2) is 8.10. The summed E-state index contributed by atoms with van der Waals surface area (Å²) in [6.07, 6.45) is 0. The maximum Gasteiger partial charge on any atom is 0.251 e. The summed E-state index contributed by atoms with van der Waals surface area (Å²) in [5.41, 5.74) is 2.80. The third-order valence-corrected chi connectivity index (χ3v) is 3.13. The Morgan fingerprint density at radius 1 is 1.05 bits per heavy atom. The number of phenolic OH excluding ortho intramolecular Hbond substituents is 1. The first-order valence-corrected chi connectivity index (χ1v) is 7.23. The lowest BCUT2D eigenvalue weighted by Gasteiger charge is -2.16. The van der Waals surface area contributed by atoms with E-state index in [1.807, 2.05) is 52.0 Å². The van der Waals surface area contributed by atoms with Crippen LogP contribution in [0.4, 0.5) is 0 Å². The van der Waals surface area contributed by atoms with Gasteiger partial charge in [0.05, 0.1) is 6.04 Å². The first-order chi connectivity index (χ1) is 10.1. The number of phenols is 1. The van der Waals surface area contributed by atoms with Crippen LogP contribution in [0, 0.1) is 6.92 Å². The van der Waals surface area contributed by atoms with Gasteiger partial charge in [-0.05, 0) is 49.2 Å². The summed E-state index contributed by atoms with van der Waals surface area (Å²) in [6.45, 7) is 7.99. The van der Waals surface area contributed by atoms with Crippen molar-refractivity contribution in [1.82, 2.24) is 5.32 Å². The summed E-state index contributed by atoms with van der Waals surface area (Å²) in [7, 11) is 0. The molecule has 0 aliphatic rings. The first kappa shape index (κ1) is 16.8. The van der Waals surface area contributed by atoms with Crippen LogP contribution in [0.15, 0.2) is 48.5 Å². The minimum Gasteiger partial charge on any atom is -0.508 e. The molecule has 1 unspecified atom stereocenters. The fourth-order valence-electron chi connectivity index (χ4n) is 2.04. The lowest BCUT2D eigenvalue weighted by atomic mass is 10.0. The Hall–Kier alpha value is -2.29. The number of aryl methyl sites for hydroxylation is 1. The van der Waals surface area contributed by atoms with Crippen LogP contribution in [0.2, 0.25) is 0 Å². The molecule has 0 aliphatic carbocycles. The van der Waals surface area contributed by atoms with Crippen molar-refractivity contribution < 1.29 is 9.90 Å². The van der Waals surface area contributed by atoms with Crippen LogP contribution in [0.1, 0.15) is 48.3 Å². The number of hydrogen-bond acceptors (Lipinski definition) is 2. The van der Waals surface area contributed by atoms with Crippen LogP contribution in [0.5, 0.6) is 5.75 Å². The molecule has 112 valence electrons. The molecular weight excluding hydrogens is 262 g/mol. The lowest BCUT2D eigenvalue weighted by molar-refractivity contribution is 0.0940. The predicted molar refractivity (Wildman–Crippen MR) is 86.5 cm³/mol. The molecule has 2 aromatic carbocycles. The Morgan fingerprint density at radius 3 is 2.19 bits per heavy atom. The maximum absolute atomic E-state index is 12.1. The topological polar surface area (TPSA) is 49.3 Å². The van der Waals surface area contributed by atoms with Gasteiger partial charge in [0.25, 0.3) is 5.91 Å². The highest BCUT2D eigenvalue weighted by molar-refractivity contribution is 5.94. The second-order valence-electron chi connectivity index (χ2n) is 4.60. The Balaban J connectivity index is 0.00000106. The molecule has 2 aromatic rings. The van der Waals surface area contributed by atoms with Crippen molar-refractivity contribution in [2.24, 2.45) is 0 Å². The Bertz CT molecular complexity index is 576. The molecule has 2 N–H and O–H groups in total. The van der Waals surface area contributed by atoms with Crippen LogP contribution < -0.4 is 5.32 Å². The van der Waals surface area contributed by atoms with Gasteiger partial charge in [-0.15, -0.1) is 0 Å². The minimum atomic E-state index is -0.143. The van der Waals surface area contributed by atoms with Gasteiger partial charge in [0.15, 0.2) is 0 Å². The summed E-state index contributed by atoms with van der Waals surface area (Å²) < 4.78 is 0. The van der Waals surface area contributed by atoms with Crippen molar-refractivity contribution in [3.05, 3.63) is 65.2 Å². The molecule has 0 aliphatic heterocycles. The number of amides is 1. The molecule has 3 heteroatoms. The van der Waals surface area contributed by atoms with E-state index in [-0.39, 0.29) is 17.7 Å². The van der Waals surface area contributed by atoms with Gasteiger partial charge in [-0.3, -0.25) is 4.79 Å². The summed E-state index contributed by atoms with van der Waals surface area (Å²) >= 11 is 0. The van der Waals surface area contributed by atoms with Crippen molar-refractivity contribution in [2.45, 2.75) is 33.7 Å². The molecule has 1 amide bonds. The number of nitrogens with one attached hydrogen (secondary N) is 1. The fourth-order valence-corrected chi connectivity index (χ4v) is 2.04. The van der Waals surface area contributed by atoms with E-state index in [1.54, 1.807) is 12.1 Å². The van der Waals surface area contributed by atoms with Crippen molar-refractivity contribution in [3.8, 4) is 5.75 Å². The van der Waals surface area contributed by atoms with Gasteiger partial charge < -0.3 is 10.4 Å². The molecule has 0 spiro atoms. The lowest BCUT2D eigenvalue weighted by Crippen LogP contribution is -2.27. The summed E-state index contributed by atoms with van der Waals surface area (Å²) in [6, 6.07) is 14.2. The summed E-state index contributed by atoms with van der Waals surface area (Å²) in [4.78, 5) is 12.1. The van der Waals surface area contributed by atoms with Gasteiger partial charge in [0, 0.05) is 5.56 Å². The van der Waals surface area contributed by atoms with E-state index in [0.29, 0.717) is 5.56 Å². The zero-order chi connectivity index (χ0) is 15.8. The highest BCUT2D eigenvalue weighted by atomic mass is 16.3. The van der Waals surface area contributed by atoms with Gasteiger partial charge in [-0.2, -0.15) is 0 Å². The third-order valence-electron chi connectivity index (χ3n) is 3.13.